The van der Waals surface area contributed by atoms with E-state index in [0.717, 1.165) is 14.8 Å². The van der Waals surface area contributed by atoms with Gasteiger partial charge in [-0.25, -0.2) is 4.68 Å². The Bertz CT molecular complexity index is 462. The number of para-hydroxylation sites is 1. The fourth-order valence-electron chi connectivity index (χ4n) is 1.51. The van der Waals surface area contributed by atoms with Crippen molar-refractivity contribution in [2.75, 3.05) is 0 Å². The van der Waals surface area contributed by atoms with Crippen LogP contribution in [0.25, 0.3) is 5.69 Å². The second kappa shape index (κ2) is 4.32. The maximum atomic E-state index is 5.92. The Kier molecular flexibility index (Phi) is 3.06. The topological polar surface area (TPSA) is 43.8 Å². The van der Waals surface area contributed by atoms with Gasteiger partial charge in [-0.15, -0.1) is 0 Å². The monoisotopic (exact) mass is 313 g/mol. The predicted octanol–water partition coefficient (Wildman–Crippen LogP) is 2.50. The number of hydrogen-bond acceptors (Lipinski definition) is 2. The molecule has 0 saturated carbocycles. The molecule has 15 heavy (non-hydrogen) atoms. The molecule has 0 aliphatic rings. The van der Waals surface area contributed by atoms with Crippen molar-refractivity contribution in [3.63, 3.8) is 0 Å². The summed E-state index contributed by atoms with van der Waals surface area (Å²) in [6.07, 6.45) is 3.82. The molecular formula is C11H12IN3. The molecule has 0 fully saturated rings. The number of rotatable bonds is 2. The molecule has 0 radical (unpaired) electrons. The Balaban J connectivity index is 2.52. The van der Waals surface area contributed by atoms with Gasteiger partial charge in [-0.2, -0.15) is 5.10 Å². The maximum Gasteiger partial charge on any atom is 0.0693 e. The largest absolute Gasteiger partial charge is 0.324 e. The van der Waals surface area contributed by atoms with Gasteiger partial charge < -0.3 is 5.73 Å². The maximum absolute atomic E-state index is 5.92. The van der Waals surface area contributed by atoms with Crippen molar-refractivity contribution in [2.24, 2.45) is 5.73 Å². The fraction of sp³-hybridized carbons (Fsp3) is 0.182. The van der Waals surface area contributed by atoms with Crippen LogP contribution in [0, 0.1) is 3.57 Å². The first kappa shape index (κ1) is 10.6. The molecule has 0 unspecified atom stereocenters. The van der Waals surface area contributed by atoms with Crippen molar-refractivity contribution in [3.8, 4) is 5.69 Å². The zero-order valence-electron chi connectivity index (χ0n) is 8.39. The second-order valence-electron chi connectivity index (χ2n) is 3.45. The van der Waals surface area contributed by atoms with Gasteiger partial charge in [-0.1, -0.05) is 18.2 Å². The summed E-state index contributed by atoms with van der Waals surface area (Å²) >= 11 is 2.24. The summed E-state index contributed by atoms with van der Waals surface area (Å²) < 4.78 is 2.98. The molecule has 0 amide bonds. The molecule has 1 aromatic carbocycles. The van der Waals surface area contributed by atoms with Gasteiger partial charge in [0, 0.05) is 12.2 Å². The van der Waals surface area contributed by atoms with Gasteiger partial charge in [-0.05, 0) is 41.1 Å². The van der Waals surface area contributed by atoms with Crippen LogP contribution in [0.5, 0.6) is 0 Å². The Labute approximate surface area is 102 Å². The van der Waals surface area contributed by atoms with Crippen molar-refractivity contribution in [1.82, 2.24) is 9.78 Å². The van der Waals surface area contributed by atoms with E-state index < -0.39 is 0 Å². The molecule has 0 spiro atoms. The second-order valence-corrected chi connectivity index (χ2v) is 4.70. The first-order valence-electron chi connectivity index (χ1n) is 4.73. The van der Waals surface area contributed by atoms with Gasteiger partial charge in [0.1, 0.15) is 0 Å². The van der Waals surface area contributed by atoms with Gasteiger partial charge in [-0.3, -0.25) is 0 Å². The molecule has 0 aliphatic heterocycles. The summed E-state index contributed by atoms with van der Waals surface area (Å²) in [4.78, 5) is 0. The predicted molar refractivity (Wildman–Crippen MR) is 68.9 cm³/mol. The third-order valence-corrected chi connectivity index (χ3v) is 2.78. The van der Waals surface area contributed by atoms with E-state index in [4.69, 9.17) is 5.73 Å². The molecule has 2 N–H and O–H groups in total. The van der Waals surface area contributed by atoms with E-state index in [-0.39, 0.29) is 6.04 Å². The summed E-state index contributed by atoms with van der Waals surface area (Å²) in [7, 11) is 0. The van der Waals surface area contributed by atoms with Crippen LogP contribution < -0.4 is 5.73 Å². The van der Waals surface area contributed by atoms with Gasteiger partial charge in [0.15, 0.2) is 0 Å². The SMILES string of the molecule is C[C@@H](N)c1ccccc1-n1cc(I)cn1. The van der Waals surface area contributed by atoms with Gasteiger partial charge >= 0.3 is 0 Å². The van der Waals surface area contributed by atoms with Crippen molar-refractivity contribution < 1.29 is 0 Å². The zero-order chi connectivity index (χ0) is 10.8. The summed E-state index contributed by atoms with van der Waals surface area (Å²) in [6.45, 7) is 1.98. The highest BCUT2D eigenvalue weighted by molar-refractivity contribution is 14.1. The van der Waals surface area contributed by atoms with Crippen molar-refractivity contribution >= 4 is 22.6 Å². The summed E-state index contributed by atoms with van der Waals surface area (Å²) in [6, 6.07) is 8.07. The smallest absolute Gasteiger partial charge is 0.0693 e. The zero-order valence-corrected chi connectivity index (χ0v) is 10.5. The molecule has 2 rings (SSSR count). The lowest BCUT2D eigenvalue weighted by atomic mass is 10.1. The van der Waals surface area contributed by atoms with E-state index >= 15 is 0 Å². The van der Waals surface area contributed by atoms with Crippen LogP contribution in [0.2, 0.25) is 0 Å². The van der Waals surface area contributed by atoms with Gasteiger partial charge in [0.25, 0.3) is 0 Å². The van der Waals surface area contributed by atoms with Crippen LogP contribution in [-0.4, -0.2) is 9.78 Å². The lowest BCUT2D eigenvalue weighted by molar-refractivity contribution is 0.781. The van der Waals surface area contributed by atoms with Crippen LogP contribution >= 0.6 is 22.6 Å². The summed E-state index contributed by atoms with van der Waals surface area (Å²) in [5.74, 6) is 0. The first-order valence-corrected chi connectivity index (χ1v) is 5.81. The number of nitrogens with two attached hydrogens (primary N) is 1. The molecular weight excluding hydrogens is 301 g/mol. The molecule has 1 heterocycles. The quantitative estimate of drug-likeness (QED) is 0.866. The lowest BCUT2D eigenvalue weighted by Crippen LogP contribution is -2.09. The van der Waals surface area contributed by atoms with Crippen molar-refractivity contribution in [3.05, 3.63) is 45.8 Å². The highest BCUT2D eigenvalue weighted by atomic mass is 127. The van der Waals surface area contributed by atoms with Crippen LogP contribution in [0.4, 0.5) is 0 Å². The van der Waals surface area contributed by atoms with Gasteiger partial charge in [0.05, 0.1) is 15.5 Å². The Hall–Kier alpha value is -0.880. The molecule has 0 aliphatic carbocycles. The molecule has 1 aromatic heterocycles. The van der Waals surface area contributed by atoms with Crippen molar-refractivity contribution in [1.29, 1.82) is 0 Å². The molecule has 1 atom stereocenters. The lowest BCUT2D eigenvalue weighted by Gasteiger charge is -2.11. The average Bonchev–Trinajstić information content (AvgIpc) is 2.65. The molecule has 0 bridgehead atoms. The number of nitrogens with zero attached hydrogens (tertiary/aromatic N) is 2. The standard InChI is InChI=1S/C11H12IN3/c1-8(13)10-4-2-3-5-11(10)15-7-9(12)6-14-15/h2-8H,13H2,1H3/t8-/m1/s1. The van der Waals surface area contributed by atoms with E-state index in [1.54, 1.807) is 0 Å². The fourth-order valence-corrected chi connectivity index (χ4v) is 1.90. The molecule has 2 aromatic rings. The minimum absolute atomic E-state index is 0.0167. The van der Waals surface area contributed by atoms with E-state index in [0.29, 0.717) is 0 Å². The molecule has 4 heteroatoms. The third-order valence-electron chi connectivity index (χ3n) is 2.23. The Morgan fingerprint density at radius 3 is 2.73 bits per heavy atom. The minimum atomic E-state index is 0.0167. The van der Waals surface area contributed by atoms with Crippen LogP contribution in [0.3, 0.4) is 0 Å². The molecule has 0 saturated heterocycles. The van der Waals surface area contributed by atoms with Crippen LogP contribution in [-0.2, 0) is 0 Å². The van der Waals surface area contributed by atoms with Gasteiger partial charge in [0.2, 0.25) is 0 Å². The number of halogens is 1. The highest BCUT2D eigenvalue weighted by Crippen LogP contribution is 2.19. The highest BCUT2D eigenvalue weighted by Gasteiger charge is 2.08. The van der Waals surface area contributed by atoms with E-state index in [1.807, 2.05) is 48.3 Å². The number of aromatic nitrogens is 2. The minimum Gasteiger partial charge on any atom is -0.324 e. The third kappa shape index (κ3) is 2.21. The van der Waals surface area contributed by atoms with Crippen LogP contribution in [0.1, 0.15) is 18.5 Å². The normalized spacial score (nSPS) is 12.7. The average molecular weight is 313 g/mol. The number of hydrogen-bond donors (Lipinski definition) is 1. The van der Waals surface area contributed by atoms with E-state index in [2.05, 4.69) is 27.7 Å². The van der Waals surface area contributed by atoms with Crippen LogP contribution in [0.15, 0.2) is 36.7 Å². The van der Waals surface area contributed by atoms with Crippen molar-refractivity contribution in [2.45, 2.75) is 13.0 Å². The Morgan fingerprint density at radius 1 is 1.40 bits per heavy atom. The summed E-state index contributed by atoms with van der Waals surface area (Å²) in [5, 5.41) is 4.28. The Morgan fingerprint density at radius 2 is 2.13 bits per heavy atom. The molecule has 78 valence electrons. The summed E-state index contributed by atoms with van der Waals surface area (Å²) in [5.41, 5.74) is 8.08. The number of benzene rings is 1. The van der Waals surface area contributed by atoms with E-state index in [1.165, 1.54) is 0 Å². The first-order chi connectivity index (χ1) is 7.18. The molecule has 3 nitrogen and oxygen atoms in total. The van der Waals surface area contributed by atoms with E-state index in [9.17, 15) is 0 Å².